The number of carboxylic acids is 1. The van der Waals surface area contributed by atoms with E-state index in [0.717, 1.165) is 46.4 Å². The minimum atomic E-state index is -0.903. The van der Waals surface area contributed by atoms with Crippen LogP contribution in [0.4, 0.5) is 5.69 Å². The van der Waals surface area contributed by atoms with Crippen molar-refractivity contribution in [3.63, 3.8) is 0 Å². The van der Waals surface area contributed by atoms with Crippen LogP contribution in [0.25, 0.3) is 6.08 Å². The van der Waals surface area contributed by atoms with E-state index in [9.17, 15) is 15.0 Å². The third-order valence-electron chi connectivity index (χ3n) is 5.16. The molecule has 5 nitrogen and oxygen atoms in total. The van der Waals surface area contributed by atoms with Crippen LogP contribution in [0.2, 0.25) is 0 Å². The number of nitrogens with zero attached hydrogens (tertiary/aromatic N) is 2. The van der Waals surface area contributed by atoms with Crippen molar-refractivity contribution < 1.29 is 15.0 Å². The van der Waals surface area contributed by atoms with Crippen LogP contribution in [0.15, 0.2) is 70.4 Å². The molecule has 0 radical (unpaired) electrons. The summed E-state index contributed by atoms with van der Waals surface area (Å²) in [5.74, 6) is -0.842. The van der Waals surface area contributed by atoms with E-state index in [1.165, 1.54) is 23.1 Å². The summed E-state index contributed by atoms with van der Waals surface area (Å²) >= 11 is 2.78. The summed E-state index contributed by atoms with van der Waals surface area (Å²) in [6.45, 7) is 5.08. The average Bonchev–Trinajstić information content (AvgIpc) is 3.24. The van der Waals surface area contributed by atoms with Crippen molar-refractivity contribution in [2.24, 2.45) is 0 Å². The lowest BCUT2D eigenvalue weighted by Gasteiger charge is -2.23. The van der Waals surface area contributed by atoms with Gasteiger partial charge in [-0.15, -0.1) is 11.3 Å². The second kappa shape index (κ2) is 12.0. The van der Waals surface area contributed by atoms with Gasteiger partial charge in [0.25, 0.3) is 0 Å². The lowest BCUT2D eigenvalue weighted by molar-refractivity contribution is -0.138. The van der Waals surface area contributed by atoms with Crippen LogP contribution in [0.1, 0.15) is 30.7 Å². The molecule has 3 aromatic rings. The Morgan fingerprint density at radius 1 is 1.12 bits per heavy atom. The Labute approximate surface area is 203 Å². The van der Waals surface area contributed by atoms with Crippen LogP contribution in [0.5, 0.6) is 0 Å². The molecule has 0 spiro atoms. The molecular weight excluding hydrogens is 452 g/mol. The Kier molecular flexibility index (Phi) is 9.11. The van der Waals surface area contributed by atoms with Crippen molar-refractivity contribution in [1.29, 1.82) is 0 Å². The molecule has 0 atom stereocenters. The Bertz CT molecular complexity index is 1050. The van der Waals surface area contributed by atoms with Gasteiger partial charge in [0.1, 0.15) is 4.75 Å². The Morgan fingerprint density at radius 2 is 1.85 bits per heavy atom. The number of thiazole rings is 1. The number of aliphatic hydroxyl groups excluding tert-OH is 1. The fourth-order valence-corrected chi connectivity index (χ4v) is 5.40. The minimum absolute atomic E-state index is 0.145. The number of hydrogen-bond acceptors (Lipinski definition) is 6. The molecule has 0 bridgehead atoms. The second-order valence-corrected chi connectivity index (χ2v) is 10.9. The fraction of sp³-hybridized carbons (Fsp3) is 0.308. The lowest BCUT2D eigenvalue weighted by Crippen LogP contribution is -2.27. The third-order valence-corrected chi connectivity index (χ3v) is 7.34. The number of carboxylic acid groups (broad SMARTS) is 1. The van der Waals surface area contributed by atoms with E-state index in [-0.39, 0.29) is 6.61 Å². The van der Waals surface area contributed by atoms with Crippen LogP contribution in [0.3, 0.4) is 0 Å². The van der Waals surface area contributed by atoms with Gasteiger partial charge in [0.15, 0.2) is 4.34 Å². The SMILES string of the molecule is CC(C)(Sc1nc(CCN(C/C=C/c2ccccc2)c2ccc(CCO)cc2)cs1)C(=O)O. The third kappa shape index (κ3) is 7.74. The van der Waals surface area contributed by atoms with E-state index in [4.69, 9.17) is 0 Å². The van der Waals surface area contributed by atoms with E-state index in [1.807, 2.05) is 23.6 Å². The van der Waals surface area contributed by atoms with E-state index in [0.29, 0.717) is 6.42 Å². The zero-order chi connectivity index (χ0) is 23.7. The Morgan fingerprint density at radius 3 is 2.52 bits per heavy atom. The van der Waals surface area contributed by atoms with E-state index in [1.54, 1.807) is 13.8 Å². The molecule has 2 aromatic carbocycles. The number of aliphatic carboxylic acids is 1. The maximum atomic E-state index is 11.4. The normalized spacial score (nSPS) is 11.7. The van der Waals surface area contributed by atoms with E-state index >= 15 is 0 Å². The molecule has 1 aromatic heterocycles. The molecule has 3 rings (SSSR count). The van der Waals surface area contributed by atoms with E-state index < -0.39 is 10.7 Å². The zero-order valence-corrected chi connectivity index (χ0v) is 20.6. The van der Waals surface area contributed by atoms with E-state index in [2.05, 4.69) is 58.4 Å². The minimum Gasteiger partial charge on any atom is -0.480 e. The molecule has 0 fully saturated rings. The molecule has 0 aliphatic rings. The van der Waals surface area contributed by atoms with Crippen molar-refractivity contribution in [2.75, 3.05) is 24.6 Å². The summed E-state index contributed by atoms with van der Waals surface area (Å²) in [5.41, 5.74) is 4.37. The molecule has 1 heterocycles. The summed E-state index contributed by atoms with van der Waals surface area (Å²) in [5, 5.41) is 20.6. The molecule has 0 amide bonds. The molecule has 0 aliphatic heterocycles. The smallest absolute Gasteiger partial charge is 0.319 e. The van der Waals surface area contributed by atoms with Crippen LogP contribution in [0, 0.1) is 0 Å². The van der Waals surface area contributed by atoms with Gasteiger partial charge in [-0.1, -0.05) is 66.4 Å². The van der Waals surface area contributed by atoms with Gasteiger partial charge in [-0.3, -0.25) is 4.79 Å². The maximum absolute atomic E-state index is 11.4. The first-order valence-corrected chi connectivity index (χ1v) is 12.6. The molecule has 7 heteroatoms. The Balaban J connectivity index is 1.68. The first kappa shape index (κ1) is 25.0. The fourth-order valence-electron chi connectivity index (χ4n) is 3.17. The van der Waals surface area contributed by atoms with Crippen LogP contribution >= 0.6 is 23.1 Å². The quantitative estimate of drug-likeness (QED) is 0.337. The topological polar surface area (TPSA) is 73.7 Å². The first-order valence-electron chi connectivity index (χ1n) is 10.9. The highest BCUT2D eigenvalue weighted by molar-refractivity contribution is 8.02. The number of aromatic nitrogens is 1. The van der Waals surface area contributed by atoms with Crippen LogP contribution < -0.4 is 4.90 Å². The zero-order valence-electron chi connectivity index (χ0n) is 19.0. The molecule has 0 unspecified atom stereocenters. The first-order chi connectivity index (χ1) is 15.9. The molecule has 2 N–H and O–H groups in total. The lowest BCUT2D eigenvalue weighted by atomic mass is 10.1. The highest BCUT2D eigenvalue weighted by atomic mass is 32.2. The van der Waals surface area contributed by atoms with Gasteiger partial charge in [-0.25, -0.2) is 4.98 Å². The molecule has 33 heavy (non-hydrogen) atoms. The van der Waals surface area contributed by atoms with Gasteiger partial charge >= 0.3 is 5.97 Å². The highest BCUT2D eigenvalue weighted by Gasteiger charge is 2.29. The molecular formula is C26H30N2O3S2. The summed E-state index contributed by atoms with van der Waals surface area (Å²) in [6.07, 6.45) is 5.70. The van der Waals surface area contributed by atoms with Crippen molar-refractivity contribution in [2.45, 2.75) is 35.8 Å². The number of hydrogen-bond donors (Lipinski definition) is 2. The summed E-state index contributed by atoms with van der Waals surface area (Å²) in [7, 11) is 0. The average molecular weight is 483 g/mol. The van der Waals surface area contributed by atoms with Gasteiger partial charge in [0, 0.05) is 37.2 Å². The number of benzene rings is 2. The van der Waals surface area contributed by atoms with Crippen molar-refractivity contribution in [3.8, 4) is 0 Å². The standard InChI is InChI=1S/C26H30N2O3S2/c1-26(2,24(30)31)33-25-27-22(19-32-25)14-17-28(16-6-9-20-7-4-3-5-8-20)23-12-10-21(11-13-23)15-18-29/h3-13,19,29H,14-18H2,1-2H3,(H,30,31)/b9-6+. The number of rotatable bonds is 12. The van der Waals surface area contributed by atoms with Crippen molar-refractivity contribution >= 4 is 40.8 Å². The van der Waals surface area contributed by atoms with Crippen LogP contribution in [-0.2, 0) is 17.6 Å². The van der Waals surface area contributed by atoms with Gasteiger partial charge < -0.3 is 15.1 Å². The predicted molar refractivity (Wildman–Crippen MR) is 138 cm³/mol. The van der Waals surface area contributed by atoms with Gasteiger partial charge in [0.05, 0.1) is 5.69 Å². The molecule has 0 saturated carbocycles. The summed E-state index contributed by atoms with van der Waals surface area (Å²) < 4.78 is -0.124. The van der Waals surface area contributed by atoms with Crippen molar-refractivity contribution in [3.05, 3.63) is 82.9 Å². The van der Waals surface area contributed by atoms with Gasteiger partial charge in [0.2, 0.25) is 0 Å². The molecule has 174 valence electrons. The largest absolute Gasteiger partial charge is 0.480 e. The maximum Gasteiger partial charge on any atom is 0.319 e. The van der Waals surface area contributed by atoms with Crippen molar-refractivity contribution in [1.82, 2.24) is 4.98 Å². The van der Waals surface area contributed by atoms with Crippen LogP contribution in [-0.4, -0.2) is 45.6 Å². The second-order valence-electron chi connectivity index (χ2n) is 8.17. The monoisotopic (exact) mass is 482 g/mol. The predicted octanol–water partition coefficient (Wildman–Crippen LogP) is 5.40. The van der Waals surface area contributed by atoms with Gasteiger partial charge in [-0.05, 0) is 43.5 Å². The number of aliphatic hydroxyl groups is 1. The highest BCUT2D eigenvalue weighted by Crippen LogP contribution is 2.34. The van der Waals surface area contributed by atoms with Gasteiger partial charge in [-0.2, -0.15) is 0 Å². The molecule has 0 saturated heterocycles. The summed E-state index contributed by atoms with van der Waals surface area (Å²) in [4.78, 5) is 18.4. The number of carbonyl (C=O) groups is 1. The summed E-state index contributed by atoms with van der Waals surface area (Å²) in [6, 6.07) is 18.5. The number of thioether (sulfide) groups is 1. The number of anilines is 1. The Hall–Kier alpha value is -2.61. The molecule has 0 aliphatic carbocycles.